The second-order valence-corrected chi connectivity index (χ2v) is 17.6. The van der Waals surface area contributed by atoms with E-state index in [-0.39, 0.29) is 34.0 Å². The van der Waals surface area contributed by atoms with E-state index in [2.05, 4.69) is 69.2 Å². The molecule has 0 aromatic carbocycles. The van der Waals surface area contributed by atoms with Crippen LogP contribution in [-0.2, 0) is 0 Å². The van der Waals surface area contributed by atoms with Crippen LogP contribution in [0.1, 0.15) is 146 Å². The molecule has 4 nitrogen and oxygen atoms in total. The van der Waals surface area contributed by atoms with E-state index >= 15 is 0 Å². The first-order valence-electron chi connectivity index (χ1n) is 19.6. The van der Waals surface area contributed by atoms with Crippen molar-refractivity contribution in [1.29, 1.82) is 0 Å². The van der Waals surface area contributed by atoms with E-state index in [1.54, 1.807) is 11.4 Å². The molecule has 0 unspecified atom stereocenters. The molecule has 0 aliphatic heterocycles. The summed E-state index contributed by atoms with van der Waals surface area (Å²) in [5.41, 5.74) is 4.73. The van der Waals surface area contributed by atoms with Gasteiger partial charge in [0.1, 0.15) is 0 Å². The molecule has 0 spiro atoms. The van der Waals surface area contributed by atoms with Gasteiger partial charge in [0, 0.05) is 22.3 Å². The van der Waals surface area contributed by atoms with Gasteiger partial charge in [0.15, 0.2) is 0 Å². The van der Waals surface area contributed by atoms with Crippen LogP contribution < -0.4 is 34.0 Å². The fourth-order valence-electron chi connectivity index (χ4n) is 10.7. The molecule has 0 heterocycles. The smallest absolute Gasteiger partial charge is 0.0985 e. The van der Waals surface area contributed by atoms with Crippen molar-refractivity contribution < 1.29 is 42.9 Å². The van der Waals surface area contributed by atoms with Gasteiger partial charge in [0.25, 0.3) is 0 Å². The molecule has 4 aliphatic rings. The van der Waals surface area contributed by atoms with Crippen LogP contribution in [-0.4, -0.2) is 85.8 Å². The molecule has 4 bridgehead atoms. The van der Waals surface area contributed by atoms with Crippen LogP contribution in [0.2, 0.25) is 0 Å². The summed E-state index contributed by atoms with van der Waals surface area (Å²) in [4.78, 5) is 10.6. The van der Waals surface area contributed by atoms with E-state index in [0.29, 0.717) is 21.7 Å². The number of hydrogen-bond donors (Lipinski definition) is 0. The van der Waals surface area contributed by atoms with Gasteiger partial charge in [-0.25, -0.2) is 0 Å². The average molecular weight is 773 g/mol. The molecular weight excluding hydrogens is 696 g/mol. The van der Waals surface area contributed by atoms with E-state index in [4.69, 9.17) is 9.98 Å². The summed E-state index contributed by atoms with van der Waals surface area (Å²) in [6.45, 7) is 36.9. The number of unbranched alkanes of at least 4 members (excludes halogenated alkanes) is 5. The molecule has 4 rings (SSSR count). The van der Waals surface area contributed by atoms with E-state index in [9.17, 15) is 0 Å². The maximum absolute atomic E-state index is 5.31. The Kier molecular flexibility index (Phi) is 15.6. The zero-order valence-corrected chi connectivity index (χ0v) is 35.4. The van der Waals surface area contributed by atoms with Crippen LogP contribution in [0.3, 0.4) is 0 Å². The van der Waals surface area contributed by atoms with Crippen LogP contribution in [0.15, 0.2) is 9.98 Å². The Morgan fingerprint density at radius 2 is 0.848 bits per heavy atom. The number of fused-ring (bicyclic) bond motifs is 4. The first-order valence-corrected chi connectivity index (χ1v) is 19.6. The minimum atomic E-state index is 0. The fraction of sp³-hybridized carbons (Fsp3) is 0.950. The molecule has 270 valence electrons. The molecule has 4 aliphatic carbocycles. The van der Waals surface area contributed by atoms with Crippen molar-refractivity contribution in [3.63, 3.8) is 0 Å². The Morgan fingerprint density at radius 1 is 0.522 bits per heavy atom. The largest absolute Gasteiger partial charge is 1.00 e. The first kappa shape index (κ1) is 42.4. The van der Waals surface area contributed by atoms with Crippen molar-refractivity contribution in [2.24, 2.45) is 43.5 Å². The Labute approximate surface area is 308 Å². The molecule has 4 fully saturated rings. The van der Waals surface area contributed by atoms with Crippen LogP contribution in [0.25, 0.3) is 0 Å². The molecule has 4 atom stereocenters. The maximum atomic E-state index is 5.31. The molecule has 0 saturated heterocycles. The predicted molar refractivity (Wildman–Crippen MR) is 193 cm³/mol. The molecule has 0 aromatic heterocycles. The van der Waals surface area contributed by atoms with E-state index in [1.807, 2.05) is 0 Å². The SMILES string of the molecule is CC[N+](CC)(CCCCCCCC[N+](CC)(CC)CCN=C1C[C@H]2CC[C@]1(C)C2(C)C)CCN=C1C[C@H]2CC[C@]1(C)C2(C)C.[Br-].[Br-]. The third-order valence-corrected chi connectivity index (χ3v) is 16.0. The number of hydrogen-bond acceptors (Lipinski definition) is 2. The van der Waals surface area contributed by atoms with Gasteiger partial charge in [-0.05, 0) is 115 Å². The monoisotopic (exact) mass is 770 g/mol. The minimum absolute atomic E-state index is 0. The normalized spacial score (nSPS) is 31.1. The molecule has 0 amide bonds. The van der Waals surface area contributed by atoms with Gasteiger partial charge in [0.2, 0.25) is 0 Å². The lowest BCUT2D eigenvalue weighted by molar-refractivity contribution is -0.923. The van der Waals surface area contributed by atoms with Gasteiger partial charge in [-0.2, -0.15) is 0 Å². The van der Waals surface area contributed by atoms with Crippen molar-refractivity contribution >= 4 is 11.4 Å². The number of halogens is 2. The molecule has 6 heteroatoms. The molecular formula is C40H76Br2N4. The lowest BCUT2D eigenvalue weighted by Gasteiger charge is -2.37. The Morgan fingerprint density at radius 3 is 1.11 bits per heavy atom. The lowest BCUT2D eigenvalue weighted by Crippen LogP contribution is -3.00. The summed E-state index contributed by atoms with van der Waals surface area (Å²) >= 11 is 0. The zero-order valence-electron chi connectivity index (χ0n) is 32.3. The summed E-state index contributed by atoms with van der Waals surface area (Å²) in [5, 5.41) is 0. The molecule has 0 aromatic rings. The van der Waals surface area contributed by atoms with Crippen LogP contribution in [0.4, 0.5) is 0 Å². The van der Waals surface area contributed by atoms with Gasteiger partial charge >= 0.3 is 0 Å². The number of rotatable bonds is 19. The maximum Gasteiger partial charge on any atom is 0.0985 e. The van der Waals surface area contributed by atoms with Crippen LogP contribution >= 0.6 is 0 Å². The van der Waals surface area contributed by atoms with Crippen molar-refractivity contribution in [3.8, 4) is 0 Å². The second kappa shape index (κ2) is 17.0. The quantitative estimate of drug-likeness (QED) is 0.142. The van der Waals surface area contributed by atoms with Crippen LogP contribution in [0.5, 0.6) is 0 Å². The number of nitrogens with zero attached hydrogens (tertiary/aromatic N) is 4. The second-order valence-electron chi connectivity index (χ2n) is 17.6. The Balaban J connectivity index is 0.00000368. The number of aliphatic imine (C=N–C) groups is 2. The summed E-state index contributed by atoms with van der Waals surface area (Å²) in [5.74, 6) is 1.73. The zero-order chi connectivity index (χ0) is 32.3. The summed E-state index contributed by atoms with van der Waals surface area (Å²) in [6, 6.07) is 0. The Hall–Kier alpha value is 0.220. The van der Waals surface area contributed by atoms with Gasteiger partial charge in [-0.15, -0.1) is 0 Å². The highest BCUT2D eigenvalue weighted by Crippen LogP contribution is 2.65. The summed E-state index contributed by atoms with van der Waals surface area (Å²) in [6.07, 6.45) is 16.5. The van der Waals surface area contributed by atoms with Crippen molar-refractivity contribution in [3.05, 3.63) is 0 Å². The molecule has 46 heavy (non-hydrogen) atoms. The van der Waals surface area contributed by atoms with Crippen LogP contribution in [0, 0.1) is 33.5 Å². The highest BCUT2D eigenvalue weighted by Gasteiger charge is 2.60. The summed E-state index contributed by atoms with van der Waals surface area (Å²) in [7, 11) is 0. The average Bonchev–Trinajstić information content (AvgIpc) is 3.53. The third kappa shape index (κ3) is 8.06. The third-order valence-electron chi connectivity index (χ3n) is 16.0. The van der Waals surface area contributed by atoms with Crippen molar-refractivity contribution in [1.82, 2.24) is 0 Å². The molecule has 4 saturated carbocycles. The van der Waals surface area contributed by atoms with Crippen molar-refractivity contribution in [2.45, 2.75) is 146 Å². The Bertz CT molecular complexity index is 931. The number of likely N-dealkylation sites (N-methyl/N-ethyl adjacent to an activating group) is 2. The topological polar surface area (TPSA) is 24.7 Å². The van der Waals surface area contributed by atoms with E-state index in [0.717, 1.165) is 24.9 Å². The van der Waals surface area contributed by atoms with Gasteiger partial charge in [0.05, 0.1) is 65.4 Å². The van der Waals surface area contributed by atoms with Gasteiger partial charge in [-0.1, -0.05) is 54.4 Å². The molecule has 0 N–H and O–H groups in total. The first-order chi connectivity index (χ1) is 20.8. The number of quaternary nitrogens is 2. The standard InChI is InChI=1S/C40H76N4.2BrH/c1-11-43(12-2,29-25-41-35-31-33-21-23-39(35,9)37(33,5)6)27-19-17-15-16-18-20-28-44(13-3,14-4)30-26-42-36-32-34-22-24-40(36,10)38(34,7)8;;/h33-34H,11-32H2,1-10H3;2*1H/q+2;;/p-2/t33-,34-,39+,40+;;/m1../s1. The highest BCUT2D eigenvalue weighted by molar-refractivity contribution is 5.94. The minimum Gasteiger partial charge on any atom is -1.00 e. The fourth-order valence-corrected chi connectivity index (χ4v) is 10.7. The summed E-state index contributed by atoms with van der Waals surface area (Å²) < 4.78 is 2.52. The van der Waals surface area contributed by atoms with Gasteiger partial charge < -0.3 is 42.9 Å². The van der Waals surface area contributed by atoms with E-state index in [1.165, 1.54) is 138 Å². The highest BCUT2D eigenvalue weighted by atomic mass is 79.9. The lowest BCUT2D eigenvalue weighted by atomic mass is 9.70. The van der Waals surface area contributed by atoms with Gasteiger partial charge in [-0.3, -0.25) is 9.98 Å². The molecule has 0 radical (unpaired) electrons. The predicted octanol–water partition coefficient (Wildman–Crippen LogP) is 3.62. The van der Waals surface area contributed by atoms with Crippen molar-refractivity contribution in [2.75, 3.05) is 65.4 Å². The van der Waals surface area contributed by atoms with E-state index < -0.39 is 0 Å².